The molecule has 0 aliphatic carbocycles. The molecule has 5 N–H and O–H groups in total. The predicted octanol–water partition coefficient (Wildman–Crippen LogP) is 1.83. The van der Waals surface area contributed by atoms with Crippen LogP contribution in [0.4, 0.5) is 17.8 Å². The number of nitrogens with one attached hydrogen (secondary N) is 3. The smallest absolute Gasteiger partial charge is 0.231 e. The first-order valence-electron chi connectivity index (χ1n) is 11.0. The van der Waals surface area contributed by atoms with Gasteiger partial charge in [-0.25, -0.2) is 0 Å². The third-order valence-corrected chi connectivity index (χ3v) is 4.50. The van der Waals surface area contributed by atoms with Crippen LogP contribution in [0.25, 0.3) is 0 Å². The van der Waals surface area contributed by atoms with Crippen molar-refractivity contribution in [2.75, 3.05) is 68.8 Å². The maximum Gasteiger partial charge on any atom is 0.231 e. The van der Waals surface area contributed by atoms with Gasteiger partial charge in [0.1, 0.15) is 0 Å². The van der Waals surface area contributed by atoms with Crippen molar-refractivity contribution < 1.29 is 18.9 Å². The third-order valence-electron chi connectivity index (χ3n) is 4.50. The molecule has 0 atom stereocenters. The largest absolute Gasteiger partial charge is 0.454 e. The Morgan fingerprint density at radius 3 is 2.31 bits per heavy atom. The standard InChI is InChI=1S/C21H33N7O4/c1-2-3-7-23-19-26-20(24-8-10-30-12-11-29-9-6-22)28-21(27-19)25-14-16-4-5-17-18(13-16)32-15-31-17/h4-5,13H,2-3,6-12,14-15,22H2,1H3,(H3,23,24,25,26,27,28). The molecule has 1 aliphatic heterocycles. The molecule has 0 fully saturated rings. The van der Waals surface area contributed by atoms with E-state index < -0.39 is 0 Å². The molecule has 0 unspecified atom stereocenters. The lowest BCUT2D eigenvalue weighted by Crippen LogP contribution is -2.17. The molecular weight excluding hydrogens is 414 g/mol. The van der Waals surface area contributed by atoms with E-state index in [1.807, 2.05) is 18.2 Å². The number of hydrogen-bond donors (Lipinski definition) is 4. The van der Waals surface area contributed by atoms with E-state index in [0.29, 0.717) is 63.9 Å². The highest BCUT2D eigenvalue weighted by Crippen LogP contribution is 2.32. The van der Waals surface area contributed by atoms with Crippen molar-refractivity contribution in [3.8, 4) is 11.5 Å². The monoisotopic (exact) mass is 447 g/mol. The molecule has 1 aliphatic rings. The van der Waals surface area contributed by atoms with Crippen molar-refractivity contribution in [3.05, 3.63) is 23.8 Å². The van der Waals surface area contributed by atoms with E-state index >= 15 is 0 Å². The fraction of sp³-hybridized carbons (Fsp3) is 0.571. The van der Waals surface area contributed by atoms with Gasteiger partial charge >= 0.3 is 0 Å². The summed E-state index contributed by atoms with van der Waals surface area (Å²) in [4.78, 5) is 13.4. The maximum absolute atomic E-state index is 5.53. The second-order valence-electron chi connectivity index (χ2n) is 7.07. The van der Waals surface area contributed by atoms with Crippen molar-refractivity contribution in [2.45, 2.75) is 26.3 Å². The lowest BCUT2D eigenvalue weighted by Gasteiger charge is -2.12. The van der Waals surface area contributed by atoms with E-state index in [4.69, 9.17) is 24.7 Å². The van der Waals surface area contributed by atoms with Gasteiger partial charge < -0.3 is 40.6 Å². The third kappa shape index (κ3) is 7.98. The van der Waals surface area contributed by atoms with Gasteiger partial charge in [-0.1, -0.05) is 19.4 Å². The highest BCUT2D eigenvalue weighted by atomic mass is 16.7. The van der Waals surface area contributed by atoms with Crippen molar-refractivity contribution in [1.29, 1.82) is 0 Å². The van der Waals surface area contributed by atoms with Gasteiger partial charge in [0.05, 0.1) is 26.4 Å². The molecule has 32 heavy (non-hydrogen) atoms. The van der Waals surface area contributed by atoms with Gasteiger partial charge in [0.15, 0.2) is 11.5 Å². The number of unbranched alkanes of at least 4 members (excludes halogenated alkanes) is 1. The Bertz CT molecular complexity index is 825. The van der Waals surface area contributed by atoms with E-state index in [2.05, 4.69) is 37.8 Å². The predicted molar refractivity (Wildman–Crippen MR) is 122 cm³/mol. The van der Waals surface area contributed by atoms with Crippen LogP contribution in [-0.4, -0.2) is 67.8 Å². The van der Waals surface area contributed by atoms with Crippen LogP contribution in [0.3, 0.4) is 0 Å². The normalized spacial score (nSPS) is 12.1. The first-order valence-corrected chi connectivity index (χ1v) is 11.0. The fourth-order valence-electron chi connectivity index (χ4n) is 2.86. The molecule has 176 valence electrons. The van der Waals surface area contributed by atoms with Crippen LogP contribution < -0.4 is 31.2 Å². The molecule has 0 bridgehead atoms. The van der Waals surface area contributed by atoms with Crippen LogP contribution in [0.5, 0.6) is 11.5 Å². The Hall–Kier alpha value is -2.89. The molecule has 0 amide bonds. The number of rotatable bonds is 16. The number of nitrogens with two attached hydrogens (primary N) is 1. The Kier molecular flexibility index (Phi) is 10.0. The number of nitrogens with zero attached hydrogens (tertiary/aromatic N) is 3. The summed E-state index contributed by atoms with van der Waals surface area (Å²) in [5.74, 6) is 3.00. The Labute approximate surface area is 188 Å². The second-order valence-corrected chi connectivity index (χ2v) is 7.07. The zero-order valence-electron chi connectivity index (χ0n) is 18.6. The second kappa shape index (κ2) is 13.5. The van der Waals surface area contributed by atoms with E-state index in [9.17, 15) is 0 Å². The zero-order chi connectivity index (χ0) is 22.4. The van der Waals surface area contributed by atoms with Crippen LogP contribution in [0.1, 0.15) is 25.3 Å². The highest BCUT2D eigenvalue weighted by Gasteiger charge is 2.13. The molecule has 2 aromatic rings. The van der Waals surface area contributed by atoms with Gasteiger partial charge in [-0.2, -0.15) is 15.0 Å². The molecule has 3 rings (SSSR count). The maximum atomic E-state index is 5.53. The number of aromatic nitrogens is 3. The lowest BCUT2D eigenvalue weighted by atomic mass is 10.2. The molecule has 11 nitrogen and oxygen atoms in total. The molecule has 11 heteroatoms. The van der Waals surface area contributed by atoms with Gasteiger partial charge in [-0.3, -0.25) is 0 Å². The van der Waals surface area contributed by atoms with Crippen LogP contribution in [0, 0.1) is 0 Å². The number of benzene rings is 1. The van der Waals surface area contributed by atoms with E-state index in [1.54, 1.807) is 0 Å². The average molecular weight is 448 g/mol. The summed E-state index contributed by atoms with van der Waals surface area (Å²) in [5.41, 5.74) is 6.42. The van der Waals surface area contributed by atoms with Gasteiger partial charge in [0.2, 0.25) is 24.6 Å². The summed E-state index contributed by atoms with van der Waals surface area (Å²) in [6, 6.07) is 5.83. The van der Waals surface area contributed by atoms with E-state index in [1.165, 1.54) is 0 Å². The minimum atomic E-state index is 0.256. The van der Waals surface area contributed by atoms with Crippen molar-refractivity contribution in [3.63, 3.8) is 0 Å². The number of fused-ring (bicyclic) bond motifs is 1. The molecule has 1 aromatic carbocycles. The van der Waals surface area contributed by atoms with Crippen LogP contribution >= 0.6 is 0 Å². The quantitative estimate of drug-likeness (QED) is 0.280. The summed E-state index contributed by atoms with van der Waals surface area (Å²) < 4.78 is 21.6. The average Bonchev–Trinajstić information content (AvgIpc) is 3.28. The minimum absolute atomic E-state index is 0.256. The van der Waals surface area contributed by atoms with Crippen LogP contribution in [-0.2, 0) is 16.0 Å². The van der Waals surface area contributed by atoms with Crippen molar-refractivity contribution in [1.82, 2.24) is 15.0 Å². The molecule has 0 saturated carbocycles. The van der Waals surface area contributed by atoms with Crippen molar-refractivity contribution >= 4 is 17.8 Å². The zero-order valence-corrected chi connectivity index (χ0v) is 18.6. The van der Waals surface area contributed by atoms with Crippen LogP contribution in [0.2, 0.25) is 0 Å². The molecule has 0 saturated heterocycles. The summed E-state index contributed by atoms with van der Waals surface area (Å²) >= 11 is 0. The highest BCUT2D eigenvalue weighted by molar-refractivity contribution is 5.46. The number of hydrogen-bond acceptors (Lipinski definition) is 11. The summed E-state index contributed by atoms with van der Waals surface area (Å²) in [5, 5.41) is 9.69. The number of anilines is 3. The molecule has 0 radical (unpaired) electrons. The Morgan fingerprint density at radius 2 is 1.56 bits per heavy atom. The van der Waals surface area contributed by atoms with Gasteiger partial charge in [0.25, 0.3) is 0 Å². The Morgan fingerprint density at radius 1 is 0.875 bits per heavy atom. The molecule has 1 aromatic heterocycles. The minimum Gasteiger partial charge on any atom is -0.454 e. The van der Waals surface area contributed by atoms with Gasteiger partial charge in [-0.15, -0.1) is 0 Å². The molecule has 0 spiro atoms. The topological polar surface area (TPSA) is 138 Å². The lowest BCUT2D eigenvalue weighted by molar-refractivity contribution is 0.0547. The Balaban J connectivity index is 1.52. The van der Waals surface area contributed by atoms with E-state index in [0.717, 1.165) is 36.4 Å². The van der Waals surface area contributed by atoms with Crippen LogP contribution in [0.15, 0.2) is 18.2 Å². The fourth-order valence-corrected chi connectivity index (χ4v) is 2.86. The van der Waals surface area contributed by atoms with E-state index in [-0.39, 0.29) is 6.79 Å². The number of ether oxygens (including phenoxy) is 4. The van der Waals surface area contributed by atoms with Crippen molar-refractivity contribution in [2.24, 2.45) is 5.73 Å². The van der Waals surface area contributed by atoms with Gasteiger partial charge in [-0.05, 0) is 24.1 Å². The summed E-state index contributed by atoms with van der Waals surface area (Å²) in [7, 11) is 0. The van der Waals surface area contributed by atoms with Gasteiger partial charge in [0, 0.05) is 26.2 Å². The SMILES string of the molecule is CCCCNc1nc(NCCOCCOCCN)nc(NCc2ccc3c(c2)OCO3)n1. The first kappa shape index (κ1) is 23.8. The first-order chi connectivity index (χ1) is 15.8. The summed E-state index contributed by atoms with van der Waals surface area (Å²) in [6.07, 6.45) is 2.12. The summed E-state index contributed by atoms with van der Waals surface area (Å²) in [6.45, 7) is 6.92. The molecular formula is C21H33N7O4. The molecule has 2 heterocycles.